The average molecular weight is 189 g/mol. The van der Waals surface area contributed by atoms with Crippen LogP contribution in [0.3, 0.4) is 0 Å². The fraction of sp³-hybridized carbons (Fsp3) is 0.100. The highest BCUT2D eigenvalue weighted by atomic mass is 16.3. The maximum Gasteiger partial charge on any atom is 0.128 e. The van der Waals surface area contributed by atoms with E-state index >= 15 is 0 Å². The number of rotatable bonds is 3. The van der Waals surface area contributed by atoms with E-state index < -0.39 is 0 Å². The lowest BCUT2D eigenvalue weighted by Gasteiger charge is -2.11. The van der Waals surface area contributed by atoms with Gasteiger partial charge in [-0.05, 0) is 24.3 Å². The van der Waals surface area contributed by atoms with Gasteiger partial charge in [-0.2, -0.15) is 0 Å². The number of nitrogens with one attached hydrogen (secondary N) is 1. The van der Waals surface area contributed by atoms with Crippen LogP contribution in [0.15, 0.2) is 47.2 Å². The first-order valence-corrected chi connectivity index (χ1v) is 4.32. The topological polar surface area (TPSA) is 64.1 Å². The van der Waals surface area contributed by atoms with Gasteiger partial charge in [-0.25, -0.2) is 5.43 Å². The van der Waals surface area contributed by atoms with Crippen molar-refractivity contribution in [2.24, 2.45) is 5.84 Å². The molecule has 2 rings (SSSR count). The van der Waals surface area contributed by atoms with E-state index in [1.54, 1.807) is 12.5 Å². The first kappa shape index (κ1) is 8.93. The van der Waals surface area contributed by atoms with Crippen molar-refractivity contribution in [3.05, 3.63) is 54.2 Å². The Labute approximate surface area is 81.7 Å². The SMILES string of the molecule is NNC(c1ccccn1)c1ccco1. The molecule has 1 atom stereocenters. The monoisotopic (exact) mass is 189 g/mol. The molecule has 0 amide bonds. The Morgan fingerprint density at radius 1 is 1.29 bits per heavy atom. The molecular formula is C10H11N3O. The van der Waals surface area contributed by atoms with E-state index in [-0.39, 0.29) is 6.04 Å². The van der Waals surface area contributed by atoms with E-state index in [4.69, 9.17) is 10.3 Å². The molecule has 0 aliphatic rings. The smallest absolute Gasteiger partial charge is 0.128 e. The fourth-order valence-corrected chi connectivity index (χ4v) is 1.32. The molecule has 2 aromatic rings. The van der Waals surface area contributed by atoms with Gasteiger partial charge in [0.15, 0.2) is 0 Å². The van der Waals surface area contributed by atoms with Gasteiger partial charge in [-0.15, -0.1) is 0 Å². The van der Waals surface area contributed by atoms with Crippen molar-refractivity contribution in [3.8, 4) is 0 Å². The number of nitrogens with zero attached hydrogens (tertiary/aromatic N) is 1. The van der Waals surface area contributed by atoms with Crippen LogP contribution in [0.25, 0.3) is 0 Å². The van der Waals surface area contributed by atoms with Crippen LogP contribution in [0.1, 0.15) is 17.5 Å². The van der Waals surface area contributed by atoms with Gasteiger partial charge in [-0.1, -0.05) is 6.07 Å². The zero-order valence-corrected chi connectivity index (χ0v) is 7.55. The largest absolute Gasteiger partial charge is 0.467 e. The number of aromatic nitrogens is 1. The zero-order chi connectivity index (χ0) is 9.80. The second-order valence-corrected chi connectivity index (χ2v) is 2.87. The highest BCUT2D eigenvalue weighted by Crippen LogP contribution is 2.18. The van der Waals surface area contributed by atoms with E-state index in [1.165, 1.54) is 0 Å². The lowest BCUT2D eigenvalue weighted by atomic mass is 10.1. The number of nitrogens with two attached hydrogens (primary N) is 1. The standard InChI is InChI=1S/C10H11N3O/c11-13-10(9-5-3-7-14-9)8-4-1-2-6-12-8/h1-7,10,13H,11H2. The van der Waals surface area contributed by atoms with Crippen molar-refractivity contribution in [1.82, 2.24) is 10.4 Å². The molecule has 2 aromatic heterocycles. The van der Waals surface area contributed by atoms with Gasteiger partial charge >= 0.3 is 0 Å². The molecule has 0 saturated carbocycles. The second kappa shape index (κ2) is 4.04. The van der Waals surface area contributed by atoms with Crippen molar-refractivity contribution in [1.29, 1.82) is 0 Å². The summed E-state index contributed by atoms with van der Waals surface area (Å²) in [6.07, 6.45) is 3.34. The third-order valence-corrected chi connectivity index (χ3v) is 1.98. The summed E-state index contributed by atoms with van der Waals surface area (Å²) in [5.41, 5.74) is 3.50. The van der Waals surface area contributed by atoms with Gasteiger partial charge in [0.1, 0.15) is 11.8 Å². The lowest BCUT2D eigenvalue weighted by molar-refractivity contribution is 0.447. The number of furan rings is 1. The molecule has 2 heterocycles. The lowest BCUT2D eigenvalue weighted by Crippen LogP contribution is -2.29. The minimum atomic E-state index is -0.189. The van der Waals surface area contributed by atoms with Crippen molar-refractivity contribution < 1.29 is 4.42 Å². The van der Waals surface area contributed by atoms with Crippen LogP contribution in [0.5, 0.6) is 0 Å². The second-order valence-electron chi connectivity index (χ2n) is 2.87. The van der Waals surface area contributed by atoms with E-state index in [2.05, 4.69) is 10.4 Å². The van der Waals surface area contributed by atoms with Crippen LogP contribution in [0, 0.1) is 0 Å². The first-order chi connectivity index (χ1) is 6.92. The van der Waals surface area contributed by atoms with Crippen LogP contribution in [0.2, 0.25) is 0 Å². The zero-order valence-electron chi connectivity index (χ0n) is 7.55. The first-order valence-electron chi connectivity index (χ1n) is 4.32. The molecule has 4 heteroatoms. The molecule has 0 aromatic carbocycles. The molecule has 0 saturated heterocycles. The van der Waals surface area contributed by atoms with Crippen LogP contribution in [-0.2, 0) is 0 Å². The molecule has 72 valence electrons. The molecule has 0 aliphatic heterocycles. The Bertz CT molecular complexity index is 372. The van der Waals surface area contributed by atoms with Gasteiger partial charge < -0.3 is 4.42 Å². The van der Waals surface area contributed by atoms with Crippen LogP contribution >= 0.6 is 0 Å². The molecule has 0 aliphatic carbocycles. The molecule has 1 unspecified atom stereocenters. The maximum atomic E-state index is 5.45. The van der Waals surface area contributed by atoms with E-state index in [1.807, 2.05) is 30.3 Å². The Kier molecular flexibility index (Phi) is 2.58. The summed E-state index contributed by atoms with van der Waals surface area (Å²) in [7, 11) is 0. The summed E-state index contributed by atoms with van der Waals surface area (Å²) >= 11 is 0. The Morgan fingerprint density at radius 2 is 2.21 bits per heavy atom. The quantitative estimate of drug-likeness (QED) is 0.563. The molecule has 4 nitrogen and oxygen atoms in total. The minimum absolute atomic E-state index is 0.189. The van der Waals surface area contributed by atoms with Crippen molar-refractivity contribution >= 4 is 0 Å². The molecular weight excluding hydrogens is 178 g/mol. The summed E-state index contributed by atoms with van der Waals surface area (Å²) in [4.78, 5) is 4.20. The Morgan fingerprint density at radius 3 is 2.79 bits per heavy atom. The Balaban J connectivity index is 2.31. The third kappa shape index (κ3) is 1.66. The van der Waals surface area contributed by atoms with Crippen molar-refractivity contribution in [3.63, 3.8) is 0 Å². The highest BCUT2D eigenvalue weighted by Gasteiger charge is 2.15. The predicted molar refractivity (Wildman–Crippen MR) is 52.1 cm³/mol. The van der Waals surface area contributed by atoms with Crippen LogP contribution in [-0.4, -0.2) is 4.98 Å². The molecule has 0 bridgehead atoms. The summed E-state index contributed by atoms with van der Waals surface area (Å²) < 4.78 is 5.26. The number of hydrogen-bond donors (Lipinski definition) is 2. The number of pyridine rings is 1. The van der Waals surface area contributed by atoms with Gasteiger partial charge in [0.25, 0.3) is 0 Å². The summed E-state index contributed by atoms with van der Waals surface area (Å²) in [6, 6.07) is 9.16. The molecule has 0 spiro atoms. The maximum absolute atomic E-state index is 5.45. The minimum Gasteiger partial charge on any atom is -0.467 e. The van der Waals surface area contributed by atoms with Gasteiger partial charge in [0.2, 0.25) is 0 Å². The summed E-state index contributed by atoms with van der Waals surface area (Å²) in [5.74, 6) is 6.20. The van der Waals surface area contributed by atoms with E-state index in [0.717, 1.165) is 11.5 Å². The third-order valence-electron chi connectivity index (χ3n) is 1.98. The van der Waals surface area contributed by atoms with Crippen LogP contribution < -0.4 is 11.3 Å². The fourth-order valence-electron chi connectivity index (χ4n) is 1.32. The molecule has 14 heavy (non-hydrogen) atoms. The van der Waals surface area contributed by atoms with E-state index in [0.29, 0.717) is 0 Å². The molecule has 3 N–H and O–H groups in total. The van der Waals surface area contributed by atoms with Crippen molar-refractivity contribution in [2.75, 3.05) is 0 Å². The number of hydrogen-bond acceptors (Lipinski definition) is 4. The van der Waals surface area contributed by atoms with E-state index in [9.17, 15) is 0 Å². The highest BCUT2D eigenvalue weighted by molar-refractivity contribution is 5.19. The van der Waals surface area contributed by atoms with Gasteiger partial charge in [-0.3, -0.25) is 10.8 Å². The number of hydrazine groups is 1. The Hall–Kier alpha value is -1.65. The van der Waals surface area contributed by atoms with Gasteiger partial charge in [0.05, 0.1) is 12.0 Å². The normalized spacial score (nSPS) is 12.6. The summed E-state index contributed by atoms with van der Waals surface area (Å²) in [5, 5.41) is 0. The van der Waals surface area contributed by atoms with Gasteiger partial charge in [0, 0.05) is 6.20 Å². The van der Waals surface area contributed by atoms with Crippen LogP contribution in [0.4, 0.5) is 0 Å². The van der Waals surface area contributed by atoms with Crippen molar-refractivity contribution in [2.45, 2.75) is 6.04 Å². The average Bonchev–Trinajstić information content (AvgIpc) is 2.74. The summed E-state index contributed by atoms with van der Waals surface area (Å²) in [6.45, 7) is 0. The predicted octanol–water partition coefficient (Wildman–Crippen LogP) is 1.23. The molecule has 0 fully saturated rings. The molecule has 0 radical (unpaired) electrons.